The first kappa shape index (κ1) is 15.8. The highest BCUT2D eigenvalue weighted by atomic mass is 35.5. The van der Waals surface area contributed by atoms with Crippen molar-refractivity contribution in [2.24, 2.45) is 0 Å². The zero-order valence-corrected chi connectivity index (χ0v) is 12.5. The number of nitrogens with zero attached hydrogens (tertiary/aromatic N) is 2. The zero-order chi connectivity index (χ0) is 15.1. The lowest BCUT2D eigenvalue weighted by molar-refractivity contribution is -0.135. The fourth-order valence-electron chi connectivity index (χ4n) is 2.15. The Bertz CT molecular complexity index is 536. The number of carbonyl (C=O) groups excluding carboxylic acids is 1. The van der Waals surface area contributed by atoms with Crippen LogP contribution in [0.4, 0.5) is 0 Å². The molecule has 5 nitrogen and oxygen atoms in total. The standard InChI is InChI=1S/C15H18ClN3O2/c16-14-9-12(10-17)1-2-13(14)11-18-4-3-15(20)19-5-7-21-8-6-19/h1-2,9,18H,3-8,11H2. The third kappa shape index (κ3) is 4.71. The second-order valence-electron chi connectivity index (χ2n) is 4.84. The van der Waals surface area contributed by atoms with E-state index >= 15 is 0 Å². The van der Waals surface area contributed by atoms with Gasteiger partial charge in [-0.15, -0.1) is 0 Å². The van der Waals surface area contributed by atoms with Gasteiger partial charge in [0.05, 0.1) is 24.8 Å². The molecule has 1 aromatic carbocycles. The maximum absolute atomic E-state index is 11.9. The summed E-state index contributed by atoms with van der Waals surface area (Å²) in [6.45, 7) is 3.80. The van der Waals surface area contributed by atoms with Gasteiger partial charge in [0.1, 0.15) is 0 Å². The Morgan fingerprint density at radius 3 is 2.86 bits per heavy atom. The molecule has 6 heteroatoms. The van der Waals surface area contributed by atoms with Crippen LogP contribution in [0, 0.1) is 11.3 Å². The van der Waals surface area contributed by atoms with E-state index in [-0.39, 0.29) is 5.91 Å². The number of hydrogen-bond acceptors (Lipinski definition) is 4. The van der Waals surface area contributed by atoms with Crippen LogP contribution in [0.1, 0.15) is 17.5 Å². The molecule has 0 bridgehead atoms. The third-order valence-electron chi connectivity index (χ3n) is 3.38. The Kier molecular flexibility index (Phi) is 6.00. The number of benzene rings is 1. The predicted molar refractivity (Wildman–Crippen MR) is 79.9 cm³/mol. The number of nitriles is 1. The first-order valence-electron chi connectivity index (χ1n) is 6.95. The van der Waals surface area contributed by atoms with Crippen molar-refractivity contribution >= 4 is 17.5 Å². The normalized spacial score (nSPS) is 14.8. The molecular weight excluding hydrogens is 290 g/mol. The molecule has 0 spiro atoms. The molecule has 1 saturated heterocycles. The summed E-state index contributed by atoms with van der Waals surface area (Å²) in [5.41, 5.74) is 1.47. The summed E-state index contributed by atoms with van der Waals surface area (Å²) in [6.07, 6.45) is 0.466. The highest BCUT2D eigenvalue weighted by Crippen LogP contribution is 2.17. The highest BCUT2D eigenvalue weighted by Gasteiger charge is 2.15. The van der Waals surface area contributed by atoms with Crippen LogP contribution >= 0.6 is 11.6 Å². The van der Waals surface area contributed by atoms with Crippen LogP contribution in [0.25, 0.3) is 0 Å². The number of ether oxygens (including phenoxy) is 1. The van der Waals surface area contributed by atoms with Gasteiger partial charge >= 0.3 is 0 Å². The van der Waals surface area contributed by atoms with Gasteiger partial charge in [0.15, 0.2) is 0 Å². The SMILES string of the molecule is N#Cc1ccc(CNCCC(=O)N2CCOCC2)c(Cl)c1. The lowest BCUT2D eigenvalue weighted by Crippen LogP contribution is -2.41. The van der Waals surface area contributed by atoms with Crippen LogP contribution in [-0.4, -0.2) is 43.7 Å². The molecule has 0 radical (unpaired) electrons. The Hall–Kier alpha value is -1.61. The Balaban J connectivity index is 1.72. The zero-order valence-electron chi connectivity index (χ0n) is 11.8. The van der Waals surface area contributed by atoms with Crippen LogP contribution in [0.3, 0.4) is 0 Å². The molecule has 2 rings (SSSR count). The summed E-state index contributed by atoms with van der Waals surface area (Å²) in [5, 5.41) is 12.6. The average Bonchev–Trinajstić information content (AvgIpc) is 2.53. The minimum absolute atomic E-state index is 0.150. The first-order valence-corrected chi connectivity index (χ1v) is 7.33. The number of hydrogen-bond donors (Lipinski definition) is 1. The van der Waals surface area contributed by atoms with E-state index in [0.29, 0.717) is 56.4 Å². The minimum Gasteiger partial charge on any atom is -0.378 e. The summed E-state index contributed by atoms with van der Waals surface area (Å²) >= 11 is 6.09. The lowest BCUT2D eigenvalue weighted by atomic mass is 10.1. The average molecular weight is 308 g/mol. The topological polar surface area (TPSA) is 65.4 Å². The fraction of sp³-hybridized carbons (Fsp3) is 0.467. The van der Waals surface area contributed by atoms with Gasteiger partial charge in [-0.05, 0) is 17.7 Å². The molecule has 0 saturated carbocycles. The van der Waals surface area contributed by atoms with E-state index in [2.05, 4.69) is 5.32 Å². The van der Waals surface area contributed by atoms with Crippen molar-refractivity contribution in [2.75, 3.05) is 32.8 Å². The second-order valence-corrected chi connectivity index (χ2v) is 5.25. The van der Waals surface area contributed by atoms with Gasteiger partial charge in [-0.25, -0.2) is 0 Å². The van der Waals surface area contributed by atoms with Crippen molar-refractivity contribution in [3.8, 4) is 6.07 Å². The molecule has 0 unspecified atom stereocenters. The van der Waals surface area contributed by atoms with Crippen LogP contribution in [0.5, 0.6) is 0 Å². The molecule has 0 aromatic heterocycles. The van der Waals surface area contributed by atoms with Crippen LogP contribution < -0.4 is 5.32 Å². The van der Waals surface area contributed by atoms with Crippen molar-refractivity contribution < 1.29 is 9.53 Å². The largest absolute Gasteiger partial charge is 0.378 e. The number of rotatable bonds is 5. The van der Waals surface area contributed by atoms with Crippen molar-refractivity contribution in [2.45, 2.75) is 13.0 Å². The summed E-state index contributed by atoms with van der Waals surface area (Å²) < 4.78 is 5.22. The molecule has 0 atom stereocenters. The van der Waals surface area contributed by atoms with Crippen molar-refractivity contribution in [3.63, 3.8) is 0 Å². The molecular formula is C15H18ClN3O2. The maximum atomic E-state index is 11.9. The summed E-state index contributed by atoms with van der Waals surface area (Å²) in [5.74, 6) is 0.150. The summed E-state index contributed by atoms with van der Waals surface area (Å²) in [4.78, 5) is 13.8. The van der Waals surface area contributed by atoms with Gasteiger partial charge in [0, 0.05) is 37.6 Å². The second kappa shape index (κ2) is 7.99. The van der Waals surface area contributed by atoms with Gasteiger partial charge in [-0.2, -0.15) is 5.26 Å². The third-order valence-corrected chi connectivity index (χ3v) is 3.73. The van der Waals surface area contributed by atoms with Gasteiger partial charge in [-0.1, -0.05) is 17.7 Å². The predicted octanol–water partition coefficient (Wildman–Crippen LogP) is 1.55. The van der Waals surface area contributed by atoms with E-state index in [1.807, 2.05) is 17.0 Å². The molecule has 1 aliphatic rings. The summed E-state index contributed by atoms with van der Waals surface area (Å²) in [6, 6.07) is 7.27. The smallest absolute Gasteiger partial charge is 0.224 e. The van der Waals surface area contributed by atoms with Crippen molar-refractivity contribution in [1.82, 2.24) is 10.2 Å². The van der Waals surface area contributed by atoms with Gasteiger partial charge < -0.3 is 15.0 Å². The maximum Gasteiger partial charge on any atom is 0.224 e. The lowest BCUT2D eigenvalue weighted by Gasteiger charge is -2.26. The van der Waals surface area contributed by atoms with Gasteiger partial charge in [-0.3, -0.25) is 4.79 Å². The van der Waals surface area contributed by atoms with Crippen LogP contribution in [-0.2, 0) is 16.1 Å². The molecule has 1 fully saturated rings. The van der Waals surface area contributed by atoms with E-state index in [4.69, 9.17) is 21.6 Å². The van der Waals surface area contributed by atoms with Crippen LogP contribution in [0.2, 0.25) is 5.02 Å². The highest BCUT2D eigenvalue weighted by molar-refractivity contribution is 6.31. The first-order chi connectivity index (χ1) is 10.2. The molecule has 0 aliphatic carbocycles. The number of halogens is 1. The van der Waals surface area contributed by atoms with E-state index in [1.54, 1.807) is 12.1 Å². The monoisotopic (exact) mass is 307 g/mol. The number of nitrogens with one attached hydrogen (secondary N) is 1. The number of morpholine rings is 1. The number of carbonyl (C=O) groups is 1. The molecule has 1 aliphatic heterocycles. The Morgan fingerprint density at radius 2 is 2.19 bits per heavy atom. The van der Waals surface area contributed by atoms with Crippen molar-refractivity contribution in [3.05, 3.63) is 34.3 Å². The molecule has 21 heavy (non-hydrogen) atoms. The molecule has 1 N–H and O–H groups in total. The number of amides is 1. The Morgan fingerprint density at radius 1 is 1.43 bits per heavy atom. The molecule has 1 aromatic rings. The van der Waals surface area contributed by atoms with Crippen molar-refractivity contribution in [1.29, 1.82) is 5.26 Å². The molecule has 112 valence electrons. The van der Waals surface area contributed by atoms with E-state index < -0.39 is 0 Å². The van der Waals surface area contributed by atoms with Gasteiger partial charge in [0.25, 0.3) is 0 Å². The van der Waals surface area contributed by atoms with E-state index in [1.165, 1.54) is 0 Å². The summed E-state index contributed by atoms with van der Waals surface area (Å²) in [7, 11) is 0. The molecule has 1 amide bonds. The van der Waals surface area contributed by atoms with E-state index in [9.17, 15) is 4.79 Å². The van der Waals surface area contributed by atoms with Crippen LogP contribution in [0.15, 0.2) is 18.2 Å². The van der Waals surface area contributed by atoms with E-state index in [0.717, 1.165) is 5.56 Å². The minimum atomic E-state index is 0.150. The quantitative estimate of drug-likeness (QED) is 0.838. The Labute approximate surface area is 129 Å². The fourth-order valence-corrected chi connectivity index (χ4v) is 2.40. The van der Waals surface area contributed by atoms with Gasteiger partial charge in [0.2, 0.25) is 5.91 Å². The molecule has 1 heterocycles.